The van der Waals surface area contributed by atoms with Gasteiger partial charge in [0.15, 0.2) is 23.9 Å². The first-order valence-electron chi connectivity index (χ1n) is 13.5. The molecule has 4 rings (SSSR count). The predicted octanol–water partition coefficient (Wildman–Crippen LogP) is 4.63. The fourth-order valence-corrected chi connectivity index (χ4v) is 4.89. The maximum atomic E-state index is 14.6. The van der Waals surface area contributed by atoms with Gasteiger partial charge in [-0.3, -0.25) is 14.4 Å². The summed E-state index contributed by atoms with van der Waals surface area (Å²) < 4.78 is 28.9. The fourth-order valence-electron chi connectivity index (χ4n) is 4.89. The van der Waals surface area contributed by atoms with Crippen molar-refractivity contribution in [3.05, 3.63) is 88.7 Å². The number of hydrogen-bond acceptors (Lipinski definition) is 8. The number of carbonyl (C=O) groups excluding carboxylic acids is 3. The van der Waals surface area contributed by atoms with Crippen LogP contribution >= 0.6 is 0 Å². The second-order valence-corrected chi connectivity index (χ2v) is 9.95. The molecule has 1 saturated heterocycles. The molecule has 0 spiro atoms. The quantitative estimate of drug-likeness (QED) is 0.282. The monoisotopic (exact) mass is 595 g/mol. The van der Waals surface area contributed by atoms with Crippen LogP contribution in [0.15, 0.2) is 60.7 Å². The Hall–Kier alpha value is -4.97. The number of hydroxylamine groups is 3. The number of halogens is 1. The molecule has 0 radical (unpaired) electrons. The second kappa shape index (κ2) is 13.3. The topological polar surface area (TPSA) is 137 Å². The van der Waals surface area contributed by atoms with E-state index in [0.29, 0.717) is 30.8 Å². The molecule has 0 aromatic heterocycles. The number of methoxy groups -OCH3 is 3. The first-order valence-corrected chi connectivity index (χ1v) is 13.5. The number of carboxylic acid groups (broad SMARTS) is 1. The zero-order valence-corrected chi connectivity index (χ0v) is 23.9. The Kier molecular flexibility index (Phi) is 9.61. The van der Waals surface area contributed by atoms with Gasteiger partial charge in [-0.15, -0.1) is 0 Å². The van der Waals surface area contributed by atoms with Crippen LogP contribution in [-0.2, 0) is 4.84 Å². The Labute approximate surface area is 247 Å². The van der Waals surface area contributed by atoms with Crippen molar-refractivity contribution < 1.29 is 52.4 Å². The third kappa shape index (κ3) is 6.92. The number of hydrogen-bond donors (Lipinski definition) is 2. The van der Waals surface area contributed by atoms with Gasteiger partial charge in [0.2, 0.25) is 0 Å². The number of nitrogens with zero attached hydrogens (tertiary/aromatic N) is 1. The number of nitrogens with one attached hydrogen (secondary N) is 1. The first-order chi connectivity index (χ1) is 20.6. The molecule has 2 unspecified atom stereocenters. The minimum Gasteiger partial charge on any atom is -0.497 e. The van der Waals surface area contributed by atoms with Crippen molar-refractivity contribution in [2.45, 2.75) is 25.3 Å². The number of quaternary nitrogens is 1. The maximum Gasteiger partial charge on any atom is 0.556 e. The van der Waals surface area contributed by atoms with Crippen molar-refractivity contribution in [3.8, 4) is 17.2 Å². The zero-order chi connectivity index (χ0) is 31.1. The van der Waals surface area contributed by atoms with Gasteiger partial charge in [0.05, 0.1) is 38.5 Å². The number of ketones is 1. The van der Waals surface area contributed by atoms with Crippen molar-refractivity contribution in [1.29, 1.82) is 0 Å². The van der Waals surface area contributed by atoms with Crippen LogP contribution in [0.2, 0.25) is 0 Å². The summed E-state index contributed by atoms with van der Waals surface area (Å²) in [5, 5.41) is 13.0. The van der Waals surface area contributed by atoms with Gasteiger partial charge in [0, 0.05) is 23.6 Å². The van der Waals surface area contributed by atoms with Crippen molar-refractivity contribution in [2.75, 3.05) is 34.4 Å². The van der Waals surface area contributed by atoms with Gasteiger partial charge < -0.3 is 24.6 Å². The molecule has 0 saturated carbocycles. The smallest absolute Gasteiger partial charge is 0.497 e. The SMILES string of the molecule is COc1cc(OC)cc(C(=O)NC2CCCC[N+](OC(=O)c3ccc(C(=O)c4cccc(OC)c4F)cc3)(C(=O)O)C2)c1. The second-order valence-electron chi connectivity index (χ2n) is 9.95. The largest absolute Gasteiger partial charge is 0.556 e. The number of likely N-dealkylation sites (tertiary alicyclic amines) is 1. The Bertz CT molecular complexity index is 1500. The Morgan fingerprint density at radius 3 is 2.12 bits per heavy atom. The predicted molar refractivity (Wildman–Crippen MR) is 151 cm³/mol. The summed E-state index contributed by atoms with van der Waals surface area (Å²) in [6, 6.07) is 13.5. The van der Waals surface area contributed by atoms with Gasteiger partial charge in [-0.2, -0.15) is 4.79 Å². The molecule has 0 bridgehead atoms. The van der Waals surface area contributed by atoms with Gasteiger partial charge >= 0.3 is 12.1 Å². The third-order valence-electron chi connectivity index (χ3n) is 7.20. The number of ether oxygens (including phenoxy) is 3. The number of carbonyl (C=O) groups is 4. The van der Waals surface area contributed by atoms with E-state index >= 15 is 0 Å². The van der Waals surface area contributed by atoms with Crippen molar-refractivity contribution in [1.82, 2.24) is 5.32 Å². The van der Waals surface area contributed by atoms with E-state index in [4.69, 9.17) is 19.0 Å². The van der Waals surface area contributed by atoms with Crippen LogP contribution in [0, 0.1) is 5.82 Å². The molecule has 3 aromatic carbocycles. The fraction of sp³-hybridized carbons (Fsp3) is 0.290. The van der Waals surface area contributed by atoms with E-state index in [-0.39, 0.29) is 41.1 Å². The van der Waals surface area contributed by atoms with E-state index in [1.807, 2.05) is 0 Å². The van der Waals surface area contributed by atoms with E-state index in [1.165, 1.54) is 75.9 Å². The molecule has 43 heavy (non-hydrogen) atoms. The molecule has 12 heteroatoms. The number of rotatable bonds is 8. The van der Waals surface area contributed by atoms with Crippen LogP contribution in [0.3, 0.4) is 0 Å². The summed E-state index contributed by atoms with van der Waals surface area (Å²) in [5.74, 6) is -2.08. The zero-order valence-electron chi connectivity index (χ0n) is 23.9. The van der Waals surface area contributed by atoms with E-state index in [9.17, 15) is 28.7 Å². The highest BCUT2D eigenvalue weighted by Gasteiger charge is 2.46. The molecule has 11 nitrogen and oxygen atoms in total. The Morgan fingerprint density at radius 1 is 0.860 bits per heavy atom. The van der Waals surface area contributed by atoms with Crippen molar-refractivity contribution in [2.24, 2.45) is 0 Å². The molecule has 0 aliphatic carbocycles. The minimum absolute atomic E-state index is 0.00489. The normalized spacial score (nSPS) is 18.1. The molecule has 3 aromatic rings. The van der Waals surface area contributed by atoms with E-state index in [2.05, 4.69) is 5.32 Å². The average molecular weight is 596 g/mol. The lowest BCUT2D eigenvalue weighted by Crippen LogP contribution is -2.58. The summed E-state index contributed by atoms with van der Waals surface area (Å²) in [4.78, 5) is 57.2. The van der Waals surface area contributed by atoms with Crippen LogP contribution in [0.4, 0.5) is 9.18 Å². The lowest BCUT2D eigenvalue weighted by atomic mass is 10.0. The summed E-state index contributed by atoms with van der Waals surface area (Å²) >= 11 is 0. The molecule has 1 fully saturated rings. The highest BCUT2D eigenvalue weighted by molar-refractivity contribution is 6.09. The highest BCUT2D eigenvalue weighted by atomic mass is 19.1. The average Bonchev–Trinajstić information content (AvgIpc) is 3.23. The number of amides is 2. The van der Waals surface area contributed by atoms with Gasteiger partial charge in [-0.05, 0) is 53.9 Å². The van der Waals surface area contributed by atoms with Crippen LogP contribution in [0.1, 0.15) is 55.9 Å². The lowest BCUT2D eigenvalue weighted by molar-refractivity contribution is -1.03. The van der Waals surface area contributed by atoms with E-state index in [1.54, 1.807) is 6.07 Å². The maximum absolute atomic E-state index is 14.6. The van der Waals surface area contributed by atoms with Crippen LogP contribution in [0.5, 0.6) is 17.2 Å². The van der Waals surface area contributed by atoms with Gasteiger partial charge in [0.25, 0.3) is 5.91 Å². The Morgan fingerprint density at radius 2 is 1.51 bits per heavy atom. The molecule has 2 N–H and O–H groups in total. The molecular weight excluding hydrogens is 563 g/mol. The van der Waals surface area contributed by atoms with Gasteiger partial charge in [-0.1, -0.05) is 18.2 Å². The van der Waals surface area contributed by atoms with E-state index < -0.39 is 40.3 Å². The summed E-state index contributed by atoms with van der Waals surface area (Å²) in [6.07, 6.45) is 0.0978. The Balaban J connectivity index is 1.50. The standard InChI is InChI=1S/C31H31FN2O9/c1-40-23-15-21(16-24(17-23)41-2)29(36)33-22-7-4-5-14-34(18-22,31(38)39)43-30(37)20-12-10-19(11-13-20)28(35)25-8-6-9-26(42-3)27(25)32/h6,8-13,15-17,22H,4-5,7,14,18H2,1-3H3,(H-,33,36,38,39)/p+1. The molecule has 1 aliphatic heterocycles. The van der Waals surface area contributed by atoms with Crippen LogP contribution in [-0.4, -0.2) is 74.0 Å². The molecular formula is C31H32FN2O9+. The van der Waals surface area contributed by atoms with Gasteiger partial charge in [-0.25, -0.2) is 9.18 Å². The third-order valence-corrected chi connectivity index (χ3v) is 7.20. The van der Waals surface area contributed by atoms with E-state index in [0.717, 1.165) is 0 Å². The minimum atomic E-state index is -1.39. The lowest BCUT2D eigenvalue weighted by Gasteiger charge is -2.30. The first kappa shape index (κ1) is 31.0. The molecule has 1 aliphatic rings. The molecule has 1 heterocycles. The van der Waals surface area contributed by atoms with Crippen molar-refractivity contribution in [3.63, 3.8) is 0 Å². The summed E-state index contributed by atoms with van der Waals surface area (Å²) in [7, 11) is 4.21. The molecule has 2 amide bonds. The van der Waals surface area contributed by atoms with Crippen LogP contribution < -0.4 is 19.5 Å². The van der Waals surface area contributed by atoms with Gasteiger partial charge in [0.1, 0.15) is 18.0 Å². The molecule has 2 atom stereocenters. The highest BCUT2D eigenvalue weighted by Crippen LogP contribution is 2.26. The van der Waals surface area contributed by atoms with Crippen LogP contribution in [0.25, 0.3) is 0 Å². The molecule has 226 valence electrons. The summed E-state index contributed by atoms with van der Waals surface area (Å²) in [6.45, 7) is -0.217. The van der Waals surface area contributed by atoms with Crippen molar-refractivity contribution >= 4 is 23.8 Å². The summed E-state index contributed by atoms with van der Waals surface area (Å²) in [5.41, 5.74) is 0.164. The number of benzene rings is 3.